The van der Waals surface area contributed by atoms with Gasteiger partial charge in [-0.15, -0.1) is 11.3 Å². The molecule has 0 saturated heterocycles. The van der Waals surface area contributed by atoms with Gasteiger partial charge in [-0.05, 0) is 37.5 Å². The van der Waals surface area contributed by atoms with Gasteiger partial charge in [-0.2, -0.15) is 4.98 Å². The molecule has 2 heterocycles. The topological polar surface area (TPSA) is 94.4 Å². The third-order valence-corrected chi connectivity index (χ3v) is 7.48. The molecule has 3 atom stereocenters. The highest BCUT2D eigenvalue weighted by atomic mass is 32.1. The van der Waals surface area contributed by atoms with E-state index in [0.717, 1.165) is 32.3 Å². The number of aliphatic hydroxyl groups is 2. The summed E-state index contributed by atoms with van der Waals surface area (Å²) in [6, 6.07) is 18.4. The SMILES string of the molecule is Cc1nc(N(C)Cc2ccccc2)nc(N[C@@H]2C[C@H](CO)[C@@H](O)C2)c1-c1nc2ccccc2s1. The van der Waals surface area contributed by atoms with Gasteiger partial charge in [-0.3, -0.25) is 0 Å². The maximum absolute atomic E-state index is 10.3. The maximum Gasteiger partial charge on any atom is 0.227 e. The third-order valence-electron chi connectivity index (χ3n) is 6.42. The second-order valence-electron chi connectivity index (χ2n) is 8.98. The van der Waals surface area contributed by atoms with E-state index >= 15 is 0 Å². The zero-order valence-electron chi connectivity index (χ0n) is 19.3. The lowest BCUT2D eigenvalue weighted by Gasteiger charge is -2.22. The molecule has 0 spiro atoms. The fourth-order valence-electron chi connectivity index (χ4n) is 4.61. The predicted molar refractivity (Wildman–Crippen MR) is 137 cm³/mol. The molecule has 2 aromatic carbocycles. The highest BCUT2D eigenvalue weighted by Gasteiger charge is 2.33. The summed E-state index contributed by atoms with van der Waals surface area (Å²) in [7, 11) is 1.99. The first-order valence-corrected chi connectivity index (χ1v) is 12.4. The van der Waals surface area contributed by atoms with Gasteiger partial charge >= 0.3 is 0 Å². The van der Waals surface area contributed by atoms with Crippen LogP contribution in [0.25, 0.3) is 20.8 Å². The number of hydrogen-bond acceptors (Lipinski definition) is 8. The first kappa shape index (κ1) is 22.7. The summed E-state index contributed by atoms with van der Waals surface area (Å²) in [5, 5.41) is 24.4. The minimum Gasteiger partial charge on any atom is -0.396 e. The highest BCUT2D eigenvalue weighted by Crippen LogP contribution is 2.38. The summed E-state index contributed by atoms with van der Waals surface area (Å²) in [5.41, 5.74) is 3.87. The van der Waals surface area contributed by atoms with Crippen LogP contribution in [0.4, 0.5) is 11.8 Å². The molecule has 1 fully saturated rings. The van der Waals surface area contributed by atoms with Crippen molar-refractivity contribution in [3.63, 3.8) is 0 Å². The number of aliphatic hydroxyl groups excluding tert-OH is 2. The normalized spacial score (nSPS) is 20.1. The first-order chi connectivity index (χ1) is 16.5. The Morgan fingerprint density at radius 2 is 1.79 bits per heavy atom. The minimum atomic E-state index is -0.517. The van der Waals surface area contributed by atoms with E-state index in [9.17, 15) is 10.2 Å². The monoisotopic (exact) mass is 475 g/mol. The minimum absolute atomic E-state index is 0.0156. The number of para-hydroxylation sites is 1. The summed E-state index contributed by atoms with van der Waals surface area (Å²) in [6.07, 6.45) is 0.745. The summed E-state index contributed by atoms with van der Waals surface area (Å²) in [5.74, 6) is 1.23. The Hall–Kier alpha value is -3.07. The van der Waals surface area contributed by atoms with Crippen molar-refractivity contribution in [2.75, 3.05) is 23.9 Å². The number of nitrogens with one attached hydrogen (secondary N) is 1. The Labute approximate surface area is 203 Å². The summed E-state index contributed by atoms with van der Waals surface area (Å²) in [4.78, 5) is 16.7. The Balaban J connectivity index is 1.53. The average Bonchev–Trinajstić information content (AvgIpc) is 3.41. The molecule has 4 aromatic rings. The quantitative estimate of drug-likeness (QED) is 0.368. The Kier molecular flexibility index (Phi) is 6.45. The zero-order chi connectivity index (χ0) is 23.7. The molecular weight excluding hydrogens is 446 g/mol. The van der Waals surface area contributed by atoms with Gasteiger partial charge in [-0.25, -0.2) is 9.97 Å². The lowest BCUT2D eigenvalue weighted by Crippen LogP contribution is -2.23. The van der Waals surface area contributed by atoms with Crippen LogP contribution in [-0.4, -0.2) is 51.0 Å². The molecule has 0 radical (unpaired) electrons. The van der Waals surface area contributed by atoms with E-state index in [1.54, 1.807) is 11.3 Å². The van der Waals surface area contributed by atoms with Gasteiger partial charge in [0.05, 0.1) is 27.6 Å². The van der Waals surface area contributed by atoms with E-state index in [0.29, 0.717) is 25.3 Å². The van der Waals surface area contributed by atoms with Crippen molar-refractivity contribution < 1.29 is 10.2 Å². The molecule has 0 bridgehead atoms. The van der Waals surface area contributed by atoms with Gasteiger partial charge in [0, 0.05) is 32.2 Å². The van der Waals surface area contributed by atoms with Crippen LogP contribution in [0.15, 0.2) is 54.6 Å². The summed E-state index contributed by atoms with van der Waals surface area (Å²) in [6.45, 7) is 2.67. The van der Waals surface area contributed by atoms with Crippen molar-refractivity contribution in [3.8, 4) is 10.6 Å². The Bertz CT molecular complexity index is 1250. The number of thiazole rings is 1. The lowest BCUT2D eigenvalue weighted by atomic mass is 10.1. The van der Waals surface area contributed by atoms with E-state index in [1.165, 1.54) is 5.56 Å². The molecule has 0 amide bonds. The summed E-state index contributed by atoms with van der Waals surface area (Å²) >= 11 is 1.62. The molecular formula is C26H29N5O2S. The molecule has 1 aliphatic carbocycles. The van der Waals surface area contributed by atoms with Crippen molar-refractivity contribution in [2.45, 2.75) is 38.5 Å². The van der Waals surface area contributed by atoms with Crippen molar-refractivity contribution in [1.82, 2.24) is 15.0 Å². The molecule has 8 heteroatoms. The largest absolute Gasteiger partial charge is 0.396 e. The van der Waals surface area contributed by atoms with E-state index in [1.807, 2.05) is 55.3 Å². The molecule has 176 valence electrons. The van der Waals surface area contributed by atoms with Crippen LogP contribution in [0.3, 0.4) is 0 Å². The first-order valence-electron chi connectivity index (χ1n) is 11.6. The zero-order valence-corrected chi connectivity index (χ0v) is 20.2. The van der Waals surface area contributed by atoms with Crippen LogP contribution >= 0.6 is 11.3 Å². The maximum atomic E-state index is 10.3. The fourth-order valence-corrected chi connectivity index (χ4v) is 5.67. The average molecular weight is 476 g/mol. The molecule has 2 aromatic heterocycles. The van der Waals surface area contributed by atoms with Crippen molar-refractivity contribution in [3.05, 3.63) is 65.9 Å². The van der Waals surface area contributed by atoms with Crippen LogP contribution in [-0.2, 0) is 6.54 Å². The lowest BCUT2D eigenvalue weighted by molar-refractivity contribution is 0.0908. The Morgan fingerprint density at radius 1 is 1.03 bits per heavy atom. The molecule has 34 heavy (non-hydrogen) atoms. The van der Waals surface area contributed by atoms with Crippen LogP contribution in [0.2, 0.25) is 0 Å². The number of aryl methyl sites for hydroxylation is 1. The number of nitrogens with zero attached hydrogens (tertiary/aromatic N) is 4. The summed E-state index contributed by atoms with van der Waals surface area (Å²) < 4.78 is 1.12. The molecule has 5 rings (SSSR count). The molecule has 1 saturated carbocycles. The number of rotatable bonds is 7. The number of anilines is 2. The highest BCUT2D eigenvalue weighted by molar-refractivity contribution is 7.21. The van der Waals surface area contributed by atoms with Gasteiger partial charge in [0.1, 0.15) is 10.8 Å². The fraction of sp³-hybridized carbons (Fsp3) is 0.346. The van der Waals surface area contributed by atoms with E-state index in [4.69, 9.17) is 15.0 Å². The Morgan fingerprint density at radius 3 is 2.53 bits per heavy atom. The van der Waals surface area contributed by atoms with Crippen LogP contribution < -0.4 is 10.2 Å². The molecule has 0 aliphatic heterocycles. The van der Waals surface area contributed by atoms with E-state index in [-0.39, 0.29) is 18.6 Å². The van der Waals surface area contributed by atoms with Crippen molar-refractivity contribution in [2.24, 2.45) is 5.92 Å². The third kappa shape index (κ3) is 4.61. The molecule has 3 N–H and O–H groups in total. The van der Waals surface area contributed by atoms with Crippen molar-refractivity contribution in [1.29, 1.82) is 0 Å². The molecule has 7 nitrogen and oxygen atoms in total. The van der Waals surface area contributed by atoms with E-state index in [2.05, 4.69) is 23.5 Å². The van der Waals surface area contributed by atoms with Gasteiger partial charge in [0.2, 0.25) is 5.95 Å². The van der Waals surface area contributed by atoms with Gasteiger partial charge in [0.25, 0.3) is 0 Å². The van der Waals surface area contributed by atoms with Gasteiger partial charge in [-0.1, -0.05) is 42.5 Å². The van der Waals surface area contributed by atoms with Crippen LogP contribution in [0, 0.1) is 12.8 Å². The predicted octanol–water partition coefficient (Wildman–Crippen LogP) is 4.24. The number of hydrogen-bond donors (Lipinski definition) is 3. The van der Waals surface area contributed by atoms with Gasteiger partial charge < -0.3 is 20.4 Å². The molecule has 1 aliphatic rings. The smallest absolute Gasteiger partial charge is 0.227 e. The second-order valence-corrected chi connectivity index (χ2v) is 10.0. The van der Waals surface area contributed by atoms with Crippen LogP contribution in [0.1, 0.15) is 24.1 Å². The second kappa shape index (κ2) is 9.66. The molecule has 0 unspecified atom stereocenters. The van der Waals surface area contributed by atoms with Crippen LogP contribution in [0.5, 0.6) is 0 Å². The number of fused-ring (bicyclic) bond motifs is 1. The van der Waals surface area contributed by atoms with Crippen molar-refractivity contribution >= 4 is 33.3 Å². The van der Waals surface area contributed by atoms with Gasteiger partial charge in [0.15, 0.2) is 0 Å². The number of benzene rings is 2. The van der Waals surface area contributed by atoms with E-state index < -0.39 is 6.10 Å². The number of aromatic nitrogens is 3. The standard InChI is InChI=1S/C26H29N5O2S/c1-16-23(25-29-20-10-6-7-11-22(20)34-25)24(28-19-12-18(15-32)21(33)13-19)30-26(27-16)31(2)14-17-8-4-3-5-9-17/h3-11,18-19,21,32-33H,12-15H2,1-2H3,(H,27,28,30)/t18-,19-,21+/m1/s1.